The number of fused-ring (bicyclic) bond motifs is 1. The van der Waals surface area contributed by atoms with E-state index < -0.39 is 6.10 Å². The first-order valence-corrected chi connectivity index (χ1v) is 8.48. The molecule has 6 nitrogen and oxygen atoms in total. The van der Waals surface area contributed by atoms with E-state index in [2.05, 4.69) is 4.98 Å². The molecule has 1 aromatic heterocycles. The lowest BCUT2D eigenvalue weighted by molar-refractivity contribution is -0.153. The summed E-state index contributed by atoms with van der Waals surface area (Å²) in [5.74, 6) is 1.54. The Bertz CT molecular complexity index is 794. The molecule has 0 saturated carbocycles. The first-order valence-electron chi connectivity index (χ1n) is 8.10. The normalized spacial score (nSPS) is 22.2. The Labute approximate surface area is 150 Å². The molecule has 7 heteroatoms. The summed E-state index contributed by atoms with van der Waals surface area (Å²) >= 11 is 6.03. The highest BCUT2D eigenvalue weighted by atomic mass is 35.5. The summed E-state index contributed by atoms with van der Waals surface area (Å²) in [4.78, 5) is 18.5. The number of halogens is 1. The maximum atomic E-state index is 12.7. The molecule has 0 radical (unpaired) electrons. The van der Waals surface area contributed by atoms with E-state index >= 15 is 0 Å². The van der Waals surface area contributed by atoms with Gasteiger partial charge in [-0.1, -0.05) is 23.7 Å². The minimum Gasteiger partial charge on any atom is -0.482 e. The molecule has 25 heavy (non-hydrogen) atoms. The van der Waals surface area contributed by atoms with Crippen LogP contribution in [-0.2, 0) is 4.79 Å². The van der Waals surface area contributed by atoms with Crippen molar-refractivity contribution in [2.24, 2.45) is 0 Å². The van der Waals surface area contributed by atoms with Gasteiger partial charge in [-0.05, 0) is 31.2 Å². The highest BCUT2D eigenvalue weighted by Gasteiger charge is 2.42. The number of likely N-dealkylation sites (tertiary alicyclic amines) is 1. The molecule has 2 aromatic rings. The van der Waals surface area contributed by atoms with Crippen molar-refractivity contribution in [3.63, 3.8) is 0 Å². The fourth-order valence-electron chi connectivity index (χ4n) is 2.88. The fourth-order valence-corrected chi connectivity index (χ4v) is 3.05. The summed E-state index contributed by atoms with van der Waals surface area (Å²) < 4.78 is 17.4. The largest absolute Gasteiger partial charge is 0.482 e. The van der Waals surface area contributed by atoms with Gasteiger partial charge in [-0.15, -0.1) is 0 Å². The minimum atomic E-state index is -0.658. The summed E-state index contributed by atoms with van der Waals surface area (Å²) in [6, 6.07) is 10.8. The van der Waals surface area contributed by atoms with Crippen LogP contribution in [0.1, 0.15) is 6.92 Å². The van der Waals surface area contributed by atoms with Crippen LogP contribution in [0.2, 0.25) is 5.02 Å². The number of ether oxygens (including phenoxy) is 3. The van der Waals surface area contributed by atoms with E-state index in [1.807, 2.05) is 25.1 Å². The maximum Gasteiger partial charge on any atom is 0.267 e. The van der Waals surface area contributed by atoms with E-state index in [1.165, 1.54) is 0 Å². The first kappa shape index (κ1) is 16.0. The monoisotopic (exact) mass is 360 g/mol. The third-order valence-corrected chi connectivity index (χ3v) is 4.54. The molecule has 2 aliphatic rings. The number of amides is 1. The summed E-state index contributed by atoms with van der Waals surface area (Å²) in [5, 5.41) is 0.460. The average Bonchev–Trinajstić information content (AvgIpc) is 2.58. The summed E-state index contributed by atoms with van der Waals surface area (Å²) in [7, 11) is 0. The standard InChI is InChI=1S/C18H17ClN2O4/c1-11-16(25-15-7-3-2-6-14(15)23-11)18(22)21-9-12(10-21)24-17-13(19)5-4-8-20-17/h2-8,11-12,16H,9-10H2,1H3. The van der Waals surface area contributed by atoms with E-state index in [1.54, 1.807) is 29.3 Å². The second-order valence-electron chi connectivity index (χ2n) is 6.08. The molecule has 0 aliphatic carbocycles. The SMILES string of the molecule is CC1Oc2ccccc2OC1C(=O)N1CC(Oc2ncccc2Cl)C1. The van der Waals surface area contributed by atoms with E-state index in [0.717, 1.165) is 0 Å². The number of aromatic nitrogens is 1. The summed E-state index contributed by atoms with van der Waals surface area (Å²) in [5.41, 5.74) is 0. The van der Waals surface area contributed by atoms with Gasteiger partial charge in [0.2, 0.25) is 12.0 Å². The zero-order valence-electron chi connectivity index (χ0n) is 13.6. The Kier molecular flexibility index (Phi) is 4.13. The summed E-state index contributed by atoms with van der Waals surface area (Å²) in [6.45, 7) is 2.78. The van der Waals surface area contributed by atoms with Crippen molar-refractivity contribution >= 4 is 17.5 Å². The fraction of sp³-hybridized carbons (Fsp3) is 0.333. The van der Waals surface area contributed by atoms with Gasteiger partial charge in [0.05, 0.1) is 13.1 Å². The number of hydrogen-bond donors (Lipinski definition) is 0. The Morgan fingerprint density at radius 2 is 1.92 bits per heavy atom. The molecule has 130 valence electrons. The molecule has 1 amide bonds. The zero-order chi connectivity index (χ0) is 17.4. The number of nitrogens with zero attached hydrogens (tertiary/aromatic N) is 2. The van der Waals surface area contributed by atoms with Crippen LogP contribution >= 0.6 is 11.6 Å². The van der Waals surface area contributed by atoms with Crippen molar-refractivity contribution in [1.29, 1.82) is 0 Å². The van der Waals surface area contributed by atoms with Gasteiger partial charge >= 0.3 is 0 Å². The Hall–Kier alpha value is -2.47. The van der Waals surface area contributed by atoms with E-state index in [-0.39, 0.29) is 18.1 Å². The molecule has 2 aliphatic heterocycles. The summed E-state index contributed by atoms with van der Waals surface area (Å²) in [6.07, 6.45) is 0.486. The Morgan fingerprint density at radius 3 is 2.64 bits per heavy atom. The van der Waals surface area contributed by atoms with Gasteiger partial charge in [0, 0.05) is 6.20 Å². The molecule has 2 atom stereocenters. The number of para-hydroxylation sites is 2. The molecule has 0 bridgehead atoms. The third-order valence-electron chi connectivity index (χ3n) is 4.25. The highest BCUT2D eigenvalue weighted by Crippen LogP contribution is 2.34. The van der Waals surface area contributed by atoms with Crippen molar-refractivity contribution in [2.45, 2.75) is 25.2 Å². The number of benzene rings is 1. The lowest BCUT2D eigenvalue weighted by Crippen LogP contribution is -2.61. The molecule has 1 fully saturated rings. The second kappa shape index (κ2) is 6.44. The molecule has 2 unspecified atom stereocenters. The Balaban J connectivity index is 1.36. The van der Waals surface area contributed by atoms with Crippen LogP contribution < -0.4 is 14.2 Å². The molecule has 0 N–H and O–H groups in total. The maximum absolute atomic E-state index is 12.7. The van der Waals surface area contributed by atoms with E-state index in [0.29, 0.717) is 35.5 Å². The van der Waals surface area contributed by atoms with Gasteiger partial charge in [-0.3, -0.25) is 4.79 Å². The van der Waals surface area contributed by atoms with Gasteiger partial charge in [-0.25, -0.2) is 4.98 Å². The van der Waals surface area contributed by atoms with Crippen molar-refractivity contribution < 1.29 is 19.0 Å². The second-order valence-corrected chi connectivity index (χ2v) is 6.49. The number of pyridine rings is 1. The van der Waals surface area contributed by atoms with Crippen molar-refractivity contribution in [3.8, 4) is 17.4 Å². The van der Waals surface area contributed by atoms with Gasteiger partial charge < -0.3 is 19.1 Å². The van der Waals surface area contributed by atoms with Crippen LogP contribution in [0, 0.1) is 0 Å². The van der Waals surface area contributed by atoms with Crippen molar-refractivity contribution in [3.05, 3.63) is 47.6 Å². The van der Waals surface area contributed by atoms with E-state index in [9.17, 15) is 4.79 Å². The van der Waals surface area contributed by atoms with Gasteiger partial charge in [0.1, 0.15) is 17.2 Å². The molecule has 3 heterocycles. The van der Waals surface area contributed by atoms with Crippen molar-refractivity contribution in [2.75, 3.05) is 13.1 Å². The zero-order valence-corrected chi connectivity index (χ0v) is 14.3. The van der Waals surface area contributed by atoms with Crippen LogP contribution in [0.4, 0.5) is 0 Å². The topological polar surface area (TPSA) is 60.9 Å². The van der Waals surface area contributed by atoms with Gasteiger partial charge in [0.25, 0.3) is 5.91 Å². The predicted molar refractivity (Wildman–Crippen MR) is 91.2 cm³/mol. The van der Waals surface area contributed by atoms with Crippen LogP contribution in [0.3, 0.4) is 0 Å². The quantitative estimate of drug-likeness (QED) is 0.841. The van der Waals surface area contributed by atoms with Crippen LogP contribution in [0.25, 0.3) is 0 Å². The first-order chi connectivity index (χ1) is 12.1. The molecule has 0 spiro atoms. The lowest BCUT2D eigenvalue weighted by Gasteiger charge is -2.42. The number of hydrogen-bond acceptors (Lipinski definition) is 5. The number of carbonyl (C=O) groups is 1. The number of rotatable bonds is 3. The van der Waals surface area contributed by atoms with Crippen molar-refractivity contribution in [1.82, 2.24) is 9.88 Å². The minimum absolute atomic E-state index is 0.103. The van der Waals surface area contributed by atoms with Crippen LogP contribution in [-0.4, -0.2) is 47.2 Å². The van der Waals surface area contributed by atoms with Gasteiger partial charge in [0.15, 0.2) is 11.5 Å². The molecule has 1 saturated heterocycles. The average molecular weight is 361 g/mol. The Morgan fingerprint density at radius 1 is 1.20 bits per heavy atom. The molecule has 4 rings (SSSR count). The van der Waals surface area contributed by atoms with Gasteiger partial charge in [-0.2, -0.15) is 0 Å². The molecular formula is C18H17ClN2O4. The predicted octanol–water partition coefficient (Wildman–Crippen LogP) is 2.55. The number of carbonyl (C=O) groups excluding carboxylic acids is 1. The highest BCUT2D eigenvalue weighted by molar-refractivity contribution is 6.31. The third kappa shape index (κ3) is 3.09. The van der Waals surface area contributed by atoms with Crippen LogP contribution in [0.5, 0.6) is 17.4 Å². The molecular weight excluding hydrogens is 344 g/mol. The molecule has 1 aromatic carbocycles. The smallest absolute Gasteiger partial charge is 0.267 e. The lowest BCUT2D eigenvalue weighted by atomic mass is 10.1. The van der Waals surface area contributed by atoms with Crippen LogP contribution in [0.15, 0.2) is 42.6 Å². The van der Waals surface area contributed by atoms with E-state index in [4.69, 9.17) is 25.8 Å².